The van der Waals surface area contributed by atoms with E-state index in [-0.39, 0.29) is 16.2 Å². The van der Waals surface area contributed by atoms with Gasteiger partial charge in [0.05, 0.1) is 6.20 Å². The molecule has 0 radical (unpaired) electrons. The molecule has 0 unspecified atom stereocenters. The summed E-state index contributed by atoms with van der Waals surface area (Å²) in [5, 5.41) is 0. The number of rotatable bonds is 6. The van der Waals surface area contributed by atoms with Gasteiger partial charge in [0.2, 0.25) is 0 Å². The van der Waals surface area contributed by atoms with E-state index in [0.717, 1.165) is 30.3 Å². The van der Waals surface area contributed by atoms with Crippen molar-refractivity contribution in [2.75, 3.05) is 0 Å². The summed E-state index contributed by atoms with van der Waals surface area (Å²) in [6.07, 6.45) is 5.04. The zero-order chi connectivity index (χ0) is 19.9. The second kappa shape index (κ2) is 6.74. The topological polar surface area (TPSA) is 55.0 Å². The molecule has 3 rings (SSSR count). The van der Waals surface area contributed by atoms with Crippen molar-refractivity contribution in [2.45, 2.75) is 77.6 Å². The van der Waals surface area contributed by atoms with Gasteiger partial charge in [-0.1, -0.05) is 48.5 Å². The van der Waals surface area contributed by atoms with Gasteiger partial charge in [0.25, 0.3) is 0 Å². The molecular weight excluding hydrogens is 336 g/mol. The van der Waals surface area contributed by atoms with Crippen LogP contribution in [-0.4, -0.2) is 9.97 Å². The molecule has 146 valence electrons. The molecule has 0 fully saturated rings. The maximum absolute atomic E-state index is 6.11. The average Bonchev–Trinajstić information content (AvgIpc) is 3.27. The molecule has 0 spiro atoms. The summed E-state index contributed by atoms with van der Waals surface area (Å²) in [5.41, 5.74) is 2.25. The van der Waals surface area contributed by atoms with Gasteiger partial charge in [-0.15, -0.1) is 0 Å². The number of aromatic amines is 1. The lowest BCUT2D eigenvalue weighted by atomic mass is 9.85. The van der Waals surface area contributed by atoms with Gasteiger partial charge in [-0.3, -0.25) is 0 Å². The first kappa shape index (κ1) is 19.5. The Morgan fingerprint density at radius 3 is 2.22 bits per heavy atom. The van der Waals surface area contributed by atoms with Gasteiger partial charge < -0.3 is 13.8 Å². The van der Waals surface area contributed by atoms with Crippen molar-refractivity contribution in [3.63, 3.8) is 0 Å². The van der Waals surface area contributed by atoms with Crippen molar-refractivity contribution in [2.24, 2.45) is 0 Å². The standard InChI is InChI=1S/C23H32N2O2/c1-21(2,3)19-11-9-17(27-19)15-22(4,5)18-10-8-16(25-18)14-23(6,7)20-24-12-13-26-20/h8-13,25H,14-15H2,1-7H3. The van der Waals surface area contributed by atoms with Crippen LogP contribution < -0.4 is 0 Å². The largest absolute Gasteiger partial charge is 0.466 e. The Hall–Kier alpha value is -2.23. The van der Waals surface area contributed by atoms with Crippen molar-refractivity contribution >= 4 is 0 Å². The lowest BCUT2D eigenvalue weighted by Crippen LogP contribution is -2.23. The summed E-state index contributed by atoms with van der Waals surface area (Å²) in [6, 6.07) is 8.57. The van der Waals surface area contributed by atoms with Gasteiger partial charge in [0.1, 0.15) is 17.8 Å². The highest BCUT2D eigenvalue weighted by Crippen LogP contribution is 2.32. The number of aromatic nitrogens is 2. The Labute approximate surface area is 162 Å². The second-order valence-electron chi connectivity index (χ2n) is 9.87. The van der Waals surface area contributed by atoms with E-state index in [9.17, 15) is 0 Å². The molecule has 0 aliphatic heterocycles. The lowest BCUT2D eigenvalue weighted by molar-refractivity contribution is 0.358. The number of hydrogen-bond acceptors (Lipinski definition) is 3. The van der Waals surface area contributed by atoms with Crippen LogP contribution in [0.5, 0.6) is 0 Å². The molecule has 4 heteroatoms. The fraction of sp³-hybridized carbons (Fsp3) is 0.522. The molecule has 27 heavy (non-hydrogen) atoms. The number of nitrogens with zero attached hydrogens (tertiary/aromatic N) is 1. The number of nitrogens with one attached hydrogen (secondary N) is 1. The fourth-order valence-corrected chi connectivity index (χ4v) is 3.45. The van der Waals surface area contributed by atoms with E-state index >= 15 is 0 Å². The van der Waals surface area contributed by atoms with E-state index in [1.54, 1.807) is 12.5 Å². The van der Waals surface area contributed by atoms with Crippen molar-refractivity contribution in [3.05, 3.63) is 65.5 Å². The van der Waals surface area contributed by atoms with Gasteiger partial charge in [0, 0.05) is 40.5 Å². The van der Waals surface area contributed by atoms with E-state index in [2.05, 4.69) is 82.7 Å². The first-order valence-electron chi connectivity index (χ1n) is 9.65. The van der Waals surface area contributed by atoms with Crippen LogP contribution in [0.3, 0.4) is 0 Å². The molecule has 0 aromatic carbocycles. The molecule has 0 atom stereocenters. The van der Waals surface area contributed by atoms with Crippen LogP contribution in [0.4, 0.5) is 0 Å². The molecule has 0 aliphatic rings. The predicted octanol–water partition coefficient (Wildman–Crippen LogP) is 5.93. The van der Waals surface area contributed by atoms with Crippen LogP contribution in [0, 0.1) is 0 Å². The molecular formula is C23H32N2O2. The van der Waals surface area contributed by atoms with E-state index in [0.29, 0.717) is 0 Å². The minimum absolute atomic E-state index is 0.0352. The first-order chi connectivity index (χ1) is 12.5. The third-order valence-corrected chi connectivity index (χ3v) is 5.14. The Kier molecular flexibility index (Phi) is 4.87. The highest BCUT2D eigenvalue weighted by atomic mass is 16.3. The summed E-state index contributed by atoms with van der Waals surface area (Å²) in [5.74, 6) is 2.83. The monoisotopic (exact) mass is 368 g/mol. The normalized spacial score (nSPS) is 13.3. The highest BCUT2D eigenvalue weighted by molar-refractivity contribution is 5.25. The minimum Gasteiger partial charge on any atom is -0.466 e. The minimum atomic E-state index is -0.154. The highest BCUT2D eigenvalue weighted by Gasteiger charge is 2.29. The van der Waals surface area contributed by atoms with Crippen molar-refractivity contribution in [1.82, 2.24) is 9.97 Å². The Bertz CT molecular complexity index is 874. The lowest BCUT2D eigenvalue weighted by Gasteiger charge is -2.23. The van der Waals surface area contributed by atoms with Crippen LogP contribution in [0.1, 0.15) is 77.3 Å². The van der Waals surface area contributed by atoms with Crippen LogP contribution in [0.15, 0.2) is 45.6 Å². The van der Waals surface area contributed by atoms with E-state index in [4.69, 9.17) is 8.83 Å². The Balaban J connectivity index is 1.73. The number of H-pyrrole nitrogens is 1. The van der Waals surface area contributed by atoms with Crippen LogP contribution in [0.25, 0.3) is 0 Å². The fourth-order valence-electron chi connectivity index (χ4n) is 3.45. The van der Waals surface area contributed by atoms with E-state index in [1.807, 2.05) is 0 Å². The third kappa shape index (κ3) is 4.37. The van der Waals surface area contributed by atoms with Crippen LogP contribution in [0.2, 0.25) is 0 Å². The molecule has 0 saturated carbocycles. The maximum Gasteiger partial charge on any atom is 0.199 e. The predicted molar refractivity (Wildman–Crippen MR) is 108 cm³/mol. The second-order valence-corrected chi connectivity index (χ2v) is 9.87. The molecule has 3 aromatic rings. The molecule has 0 bridgehead atoms. The van der Waals surface area contributed by atoms with Gasteiger partial charge >= 0.3 is 0 Å². The quantitative estimate of drug-likeness (QED) is 0.586. The van der Waals surface area contributed by atoms with Crippen molar-refractivity contribution in [3.8, 4) is 0 Å². The molecule has 3 heterocycles. The SMILES string of the molecule is CC(C)(C)c1ccc(CC(C)(C)c2ccc(CC(C)(C)c3ncco3)[nH]2)o1. The molecule has 3 aromatic heterocycles. The first-order valence-corrected chi connectivity index (χ1v) is 9.65. The average molecular weight is 369 g/mol. The molecule has 4 nitrogen and oxygen atoms in total. The van der Waals surface area contributed by atoms with Gasteiger partial charge in [-0.05, 0) is 24.3 Å². The molecule has 0 amide bonds. The zero-order valence-corrected chi connectivity index (χ0v) is 17.6. The number of furan rings is 1. The summed E-state index contributed by atoms with van der Waals surface area (Å²) in [7, 11) is 0. The van der Waals surface area contributed by atoms with Gasteiger partial charge in [0.15, 0.2) is 5.89 Å². The van der Waals surface area contributed by atoms with E-state index < -0.39 is 0 Å². The van der Waals surface area contributed by atoms with Crippen molar-refractivity contribution in [1.29, 1.82) is 0 Å². The van der Waals surface area contributed by atoms with Gasteiger partial charge in [-0.2, -0.15) is 0 Å². The molecule has 1 N–H and O–H groups in total. The van der Waals surface area contributed by atoms with Gasteiger partial charge in [-0.25, -0.2) is 4.98 Å². The van der Waals surface area contributed by atoms with Crippen LogP contribution >= 0.6 is 0 Å². The summed E-state index contributed by atoms with van der Waals surface area (Å²) in [6.45, 7) is 15.3. The van der Waals surface area contributed by atoms with Crippen LogP contribution in [-0.2, 0) is 29.1 Å². The molecule has 0 aliphatic carbocycles. The smallest absolute Gasteiger partial charge is 0.199 e. The molecule has 0 saturated heterocycles. The zero-order valence-electron chi connectivity index (χ0n) is 17.6. The summed E-state index contributed by atoms with van der Waals surface area (Å²) < 4.78 is 11.6. The third-order valence-electron chi connectivity index (χ3n) is 5.14. The Morgan fingerprint density at radius 1 is 0.889 bits per heavy atom. The summed E-state index contributed by atoms with van der Waals surface area (Å²) in [4.78, 5) is 7.94. The summed E-state index contributed by atoms with van der Waals surface area (Å²) >= 11 is 0. The number of hydrogen-bond donors (Lipinski definition) is 1. The van der Waals surface area contributed by atoms with Crippen molar-refractivity contribution < 1.29 is 8.83 Å². The Morgan fingerprint density at radius 2 is 1.63 bits per heavy atom. The maximum atomic E-state index is 6.11. The van der Waals surface area contributed by atoms with E-state index in [1.165, 1.54) is 11.4 Å². The number of oxazole rings is 1.